The Kier molecular flexibility index (Phi) is 7.63. The van der Waals surface area contributed by atoms with Gasteiger partial charge in [0.05, 0.1) is 37.2 Å². The Balaban J connectivity index is 1.85. The number of rotatable bonds is 9. The largest absolute Gasteiger partial charge is 0.501 e. The van der Waals surface area contributed by atoms with Gasteiger partial charge in [0.2, 0.25) is 5.75 Å². The maximum atomic E-state index is 14.4. The molecule has 0 bridgehead atoms. The van der Waals surface area contributed by atoms with Gasteiger partial charge >= 0.3 is 0 Å². The summed E-state index contributed by atoms with van der Waals surface area (Å²) in [5.41, 5.74) is 0.0305. The highest BCUT2D eigenvalue weighted by atomic mass is 19.1. The van der Waals surface area contributed by atoms with Crippen LogP contribution in [0.2, 0.25) is 0 Å². The molecule has 0 fully saturated rings. The van der Waals surface area contributed by atoms with Crippen molar-refractivity contribution in [2.75, 3.05) is 19.0 Å². The van der Waals surface area contributed by atoms with Gasteiger partial charge in [0.1, 0.15) is 23.6 Å². The number of aromatic hydroxyl groups is 1. The lowest BCUT2D eigenvalue weighted by Crippen LogP contribution is -2.29. The van der Waals surface area contributed by atoms with Crippen molar-refractivity contribution in [3.8, 4) is 11.8 Å². The number of aromatic nitrogens is 5. The van der Waals surface area contributed by atoms with E-state index in [-0.39, 0.29) is 17.1 Å². The highest BCUT2D eigenvalue weighted by Gasteiger charge is 2.32. The summed E-state index contributed by atoms with van der Waals surface area (Å²) in [5.74, 6) is -3.53. The number of nitrogens with zero attached hydrogens (tertiary/aromatic N) is 6. The summed E-state index contributed by atoms with van der Waals surface area (Å²) in [6.07, 6.45) is 5.74. The minimum Gasteiger partial charge on any atom is -0.501 e. The second-order valence-corrected chi connectivity index (χ2v) is 8.54. The van der Waals surface area contributed by atoms with Crippen LogP contribution in [0.1, 0.15) is 51.8 Å². The predicted molar refractivity (Wildman–Crippen MR) is 131 cm³/mol. The third-order valence-corrected chi connectivity index (χ3v) is 6.12. The van der Waals surface area contributed by atoms with Crippen molar-refractivity contribution in [3.63, 3.8) is 0 Å². The molecule has 196 valence electrons. The highest BCUT2D eigenvalue weighted by molar-refractivity contribution is 6.04. The molecule has 3 aromatic heterocycles. The minimum absolute atomic E-state index is 0.117. The van der Waals surface area contributed by atoms with Crippen LogP contribution >= 0.6 is 0 Å². The van der Waals surface area contributed by atoms with Crippen LogP contribution in [0, 0.1) is 17.1 Å². The number of nitrogens with one attached hydrogen (secondary N) is 1. The van der Waals surface area contributed by atoms with E-state index < -0.39 is 40.6 Å². The molecule has 0 saturated heterocycles. The summed E-state index contributed by atoms with van der Waals surface area (Å²) in [7, 11) is 2.97. The molecule has 38 heavy (non-hydrogen) atoms. The average Bonchev–Trinajstić information content (AvgIpc) is 3.59. The summed E-state index contributed by atoms with van der Waals surface area (Å²) < 4.78 is 27.0. The van der Waals surface area contributed by atoms with Gasteiger partial charge in [0.25, 0.3) is 11.5 Å². The topological polar surface area (TPSA) is 161 Å². The van der Waals surface area contributed by atoms with E-state index in [4.69, 9.17) is 4.74 Å². The average molecular weight is 522 g/mol. The van der Waals surface area contributed by atoms with E-state index in [1.54, 1.807) is 31.1 Å². The Morgan fingerprint density at radius 2 is 2.16 bits per heavy atom. The monoisotopic (exact) mass is 521 g/mol. The van der Waals surface area contributed by atoms with Crippen molar-refractivity contribution in [2.45, 2.75) is 25.3 Å². The molecule has 1 amide bonds. The van der Waals surface area contributed by atoms with E-state index in [2.05, 4.69) is 31.1 Å². The first-order chi connectivity index (χ1) is 18.2. The molecule has 1 aromatic carbocycles. The lowest BCUT2D eigenvalue weighted by molar-refractivity contribution is 0.101. The Morgan fingerprint density at radius 3 is 2.84 bits per heavy atom. The fourth-order valence-corrected chi connectivity index (χ4v) is 4.26. The van der Waals surface area contributed by atoms with E-state index in [0.29, 0.717) is 24.3 Å². The number of anilines is 1. The van der Waals surface area contributed by atoms with Crippen molar-refractivity contribution in [1.82, 2.24) is 24.5 Å². The number of benzene rings is 1. The zero-order chi connectivity index (χ0) is 27.4. The second kappa shape index (κ2) is 11.1. The zero-order valence-corrected chi connectivity index (χ0v) is 20.8. The van der Waals surface area contributed by atoms with Gasteiger partial charge in [-0.3, -0.25) is 18.8 Å². The maximum absolute atomic E-state index is 14.4. The van der Waals surface area contributed by atoms with Crippen molar-refractivity contribution >= 4 is 11.6 Å². The lowest BCUT2D eigenvalue weighted by atomic mass is 9.80. The van der Waals surface area contributed by atoms with Gasteiger partial charge in [0.15, 0.2) is 5.69 Å². The van der Waals surface area contributed by atoms with Crippen LogP contribution in [0.15, 0.2) is 52.4 Å². The fraction of sp³-hybridized carbons (Fsp3) is 0.280. The van der Waals surface area contributed by atoms with Gasteiger partial charge in [-0.2, -0.15) is 10.4 Å². The molecule has 4 rings (SSSR count). The molecule has 0 spiro atoms. The summed E-state index contributed by atoms with van der Waals surface area (Å²) >= 11 is 0. The van der Waals surface area contributed by atoms with Crippen LogP contribution in [0.5, 0.6) is 5.75 Å². The number of hydrogen-bond donors (Lipinski definition) is 2. The number of nitriles is 1. The summed E-state index contributed by atoms with van der Waals surface area (Å²) in [6.45, 7) is 2.59. The maximum Gasteiger partial charge on any atom is 0.296 e. The van der Waals surface area contributed by atoms with Crippen LogP contribution in [-0.2, 0) is 18.3 Å². The third kappa shape index (κ3) is 5.16. The first kappa shape index (κ1) is 26.2. The Bertz CT molecular complexity index is 1560. The molecule has 4 aromatic rings. The van der Waals surface area contributed by atoms with Crippen molar-refractivity contribution in [2.24, 2.45) is 7.05 Å². The predicted octanol–water partition coefficient (Wildman–Crippen LogP) is 2.52. The number of methoxy groups -OCH3 is 1. The zero-order valence-electron chi connectivity index (χ0n) is 20.8. The summed E-state index contributed by atoms with van der Waals surface area (Å²) in [5, 5.41) is 30.5. The molecular formula is C25H24FN7O5. The second-order valence-electron chi connectivity index (χ2n) is 8.54. The van der Waals surface area contributed by atoms with E-state index in [9.17, 15) is 24.3 Å². The Labute approximate surface area is 215 Å². The van der Waals surface area contributed by atoms with Crippen LogP contribution in [0.3, 0.4) is 0 Å². The Hall–Kier alpha value is -4.83. The van der Waals surface area contributed by atoms with Crippen LogP contribution in [0.4, 0.5) is 10.1 Å². The molecular weight excluding hydrogens is 497 g/mol. The molecule has 0 aliphatic carbocycles. The molecule has 12 nitrogen and oxygen atoms in total. The first-order valence-electron chi connectivity index (χ1n) is 11.5. The SMILES string of the molecule is COCCn1cc([C@@H](c2cc(F)ccc2C#N)[C@H](C)c2nc(C(=O)Nc3cnoc3)c(O)c(=O)n2C)cn1. The van der Waals surface area contributed by atoms with Gasteiger partial charge in [-0.15, -0.1) is 0 Å². The van der Waals surface area contributed by atoms with Crippen molar-refractivity contribution in [3.05, 3.63) is 87.4 Å². The molecule has 0 radical (unpaired) electrons. The number of ether oxygens (including phenoxy) is 1. The van der Waals surface area contributed by atoms with Crippen molar-refractivity contribution < 1.29 is 23.6 Å². The highest BCUT2D eigenvalue weighted by Crippen LogP contribution is 2.39. The first-order valence-corrected chi connectivity index (χ1v) is 11.5. The molecule has 3 heterocycles. The van der Waals surface area contributed by atoms with Crippen LogP contribution in [-0.4, -0.2) is 49.2 Å². The van der Waals surface area contributed by atoms with Crippen LogP contribution in [0.25, 0.3) is 0 Å². The Morgan fingerprint density at radius 1 is 1.37 bits per heavy atom. The molecule has 0 unspecified atom stereocenters. The minimum atomic E-state index is -0.857. The number of halogens is 1. The number of hydrogen-bond acceptors (Lipinski definition) is 9. The van der Waals surface area contributed by atoms with Gasteiger partial charge in [-0.05, 0) is 29.3 Å². The summed E-state index contributed by atoms with van der Waals surface area (Å²) in [4.78, 5) is 30.1. The van der Waals surface area contributed by atoms with E-state index in [1.165, 1.54) is 37.7 Å². The standard InChI is InChI=1S/C25H24FN7O5/c1-14(23-31-21(22(34)25(36)32(23)2)24(35)30-18-11-29-38-13-18)20(16-10-28-33(12-16)6-7-37-3)19-8-17(26)5-4-15(19)9-27/h4-5,8,10-14,20,34H,6-7H2,1-3H3,(H,30,35)/t14-,20-/m0/s1. The molecule has 0 aliphatic rings. The van der Waals surface area contributed by atoms with E-state index in [0.717, 1.165) is 4.57 Å². The normalized spacial score (nSPS) is 12.6. The molecule has 0 saturated carbocycles. The van der Waals surface area contributed by atoms with Gasteiger partial charge in [-0.1, -0.05) is 12.1 Å². The number of amides is 1. The fourth-order valence-electron chi connectivity index (χ4n) is 4.26. The molecule has 2 N–H and O–H groups in total. The van der Waals surface area contributed by atoms with Gasteiger partial charge in [0, 0.05) is 32.2 Å². The molecule has 2 atom stereocenters. The van der Waals surface area contributed by atoms with Crippen LogP contribution < -0.4 is 10.9 Å². The smallest absolute Gasteiger partial charge is 0.296 e. The quantitative estimate of drug-likeness (QED) is 0.337. The van der Waals surface area contributed by atoms with Gasteiger partial charge < -0.3 is 19.7 Å². The van der Waals surface area contributed by atoms with Gasteiger partial charge in [-0.25, -0.2) is 9.37 Å². The molecule has 0 aliphatic heterocycles. The van der Waals surface area contributed by atoms with E-state index in [1.807, 2.05) is 0 Å². The third-order valence-electron chi connectivity index (χ3n) is 6.12. The van der Waals surface area contributed by atoms with Crippen molar-refractivity contribution in [1.29, 1.82) is 5.26 Å². The number of carbonyl (C=O) groups excluding carboxylic acids is 1. The lowest BCUT2D eigenvalue weighted by Gasteiger charge is -2.26. The number of carbonyl (C=O) groups is 1. The summed E-state index contributed by atoms with van der Waals surface area (Å²) in [6, 6.07) is 5.91. The molecule has 13 heteroatoms. The van der Waals surface area contributed by atoms with E-state index >= 15 is 0 Å².